The first kappa shape index (κ1) is 16.9. The van der Waals surface area contributed by atoms with Crippen molar-refractivity contribution in [2.45, 2.75) is 51.9 Å². The molecule has 0 bridgehead atoms. The first-order valence-electron chi connectivity index (χ1n) is 10.1. The molecule has 1 aliphatic carbocycles. The van der Waals surface area contributed by atoms with Crippen LogP contribution in [0.15, 0.2) is 48.7 Å². The van der Waals surface area contributed by atoms with Crippen molar-refractivity contribution >= 4 is 32.2 Å². The van der Waals surface area contributed by atoms with Crippen molar-refractivity contribution in [3.05, 3.63) is 64.7 Å². The molecular formula is C25H25NS. The standard InChI is InChI=1S/C25H25NS/c1-16-17(2)27-25-21(16)12-13-26-24(25)20-14-19-10-6-7-11-22(19)23(15-20)18-8-4-3-5-9-18/h6-7,10-15,18H,3-5,8-9H2,1-2H3. The lowest BCUT2D eigenvalue weighted by Crippen LogP contribution is -2.05. The second-order valence-electron chi connectivity index (χ2n) is 7.94. The molecule has 1 saturated carbocycles. The Morgan fingerprint density at radius 3 is 2.59 bits per heavy atom. The van der Waals surface area contributed by atoms with Gasteiger partial charge in [-0.05, 0) is 78.1 Å². The predicted molar refractivity (Wildman–Crippen MR) is 118 cm³/mol. The first-order chi connectivity index (χ1) is 13.2. The minimum atomic E-state index is 0.689. The van der Waals surface area contributed by atoms with E-state index in [0.29, 0.717) is 5.92 Å². The molecule has 2 heteroatoms. The summed E-state index contributed by atoms with van der Waals surface area (Å²) >= 11 is 1.88. The number of hydrogen-bond acceptors (Lipinski definition) is 2. The maximum Gasteiger partial charge on any atom is 0.0880 e. The van der Waals surface area contributed by atoms with Crippen LogP contribution in [0.5, 0.6) is 0 Å². The van der Waals surface area contributed by atoms with Crippen LogP contribution in [0.2, 0.25) is 0 Å². The van der Waals surface area contributed by atoms with E-state index in [1.54, 1.807) is 0 Å². The van der Waals surface area contributed by atoms with Crippen LogP contribution in [0, 0.1) is 13.8 Å². The molecule has 5 rings (SSSR count). The van der Waals surface area contributed by atoms with Gasteiger partial charge >= 0.3 is 0 Å². The lowest BCUT2D eigenvalue weighted by atomic mass is 9.81. The number of benzene rings is 2. The monoisotopic (exact) mass is 371 g/mol. The zero-order chi connectivity index (χ0) is 18.4. The molecule has 0 saturated heterocycles. The number of aromatic nitrogens is 1. The van der Waals surface area contributed by atoms with Crippen molar-refractivity contribution in [2.75, 3.05) is 0 Å². The third-order valence-electron chi connectivity index (χ3n) is 6.30. The first-order valence-corrected chi connectivity index (χ1v) is 10.9. The second-order valence-corrected chi connectivity index (χ2v) is 9.17. The Balaban J connectivity index is 1.76. The summed E-state index contributed by atoms with van der Waals surface area (Å²) in [6, 6.07) is 15.9. The number of aryl methyl sites for hydroxylation is 2. The van der Waals surface area contributed by atoms with Crippen LogP contribution in [-0.2, 0) is 0 Å². The van der Waals surface area contributed by atoms with Gasteiger partial charge in [-0.15, -0.1) is 11.3 Å². The molecule has 0 aliphatic heterocycles. The van der Waals surface area contributed by atoms with Gasteiger partial charge in [-0.3, -0.25) is 4.98 Å². The second kappa shape index (κ2) is 6.76. The van der Waals surface area contributed by atoms with Crippen molar-refractivity contribution in [1.29, 1.82) is 0 Å². The Hall–Kier alpha value is -2.19. The average Bonchev–Trinajstić information content (AvgIpc) is 3.02. The number of nitrogens with zero attached hydrogens (tertiary/aromatic N) is 1. The van der Waals surface area contributed by atoms with Crippen LogP contribution in [0.1, 0.15) is 54.0 Å². The third-order valence-corrected chi connectivity index (χ3v) is 7.53. The number of pyridine rings is 1. The average molecular weight is 372 g/mol. The fourth-order valence-electron chi connectivity index (χ4n) is 4.70. The van der Waals surface area contributed by atoms with Gasteiger partial charge in [-0.1, -0.05) is 43.5 Å². The highest BCUT2D eigenvalue weighted by atomic mass is 32.1. The van der Waals surface area contributed by atoms with Crippen molar-refractivity contribution in [3.63, 3.8) is 0 Å². The summed E-state index contributed by atoms with van der Waals surface area (Å²) in [5, 5.41) is 4.13. The lowest BCUT2D eigenvalue weighted by molar-refractivity contribution is 0.445. The largest absolute Gasteiger partial charge is 0.255 e. The van der Waals surface area contributed by atoms with Gasteiger partial charge in [0, 0.05) is 16.6 Å². The van der Waals surface area contributed by atoms with Gasteiger partial charge in [0.15, 0.2) is 0 Å². The van der Waals surface area contributed by atoms with Gasteiger partial charge in [-0.25, -0.2) is 0 Å². The predicted octanol–water partition coefficient (Wildman–Crippen LogP) is 7.78. The number of thiophene rings is 1. The van der Waals surface area contributed by atoms with E-state index in [-0.39, 0.29) is 0 Å². The SMILES string of the molecule is Cc1sc2c(-c3cc(C4CCCCC4)c4ccccc4c3)nccc2c1C. The fourth-order valence-corrected chi connectivity index (χ4v) is 5.87. The molecule has 0 radical (unpaired) electrons. The lowest BCUT2D eigenvalue weighted by Gasteiger charge is -2.24. The van der Waals surface area contributed by atoms with Crippen molar-refractivity contribution in [1.82, 2.24) is 4.98 Å². The summed E-state index contributed by atoms with van der Waals surface area (Å²) in [6.07, 6.45) is 8.74. The summed E-state index contributed by atoms with van der Waals surface area (Å²) in [5.41, 5.74) is 5.36. The Bertz CT molecular complexity index is 1130. The molecule has 1 nitrogen and oxygen atoms in total. The molecule has 2 aromatic heterocycles. The number of fused-ring (bicyclic) bond motifs is 2. The topological polar surface area (TPSA) is 12.9 Å². The summed E-state index contributed by atoms with van der Waals surface area (Å²) < 4.78 is 1.33. The molecule has 0 unspecified atom stereocenters. The van der Waals surface area contributed by atoms with Crippen molar-refractivity contribution < 1.29 is 0 Å². The van der Waals surface area contributed by atoms with E-state index in [0.717, 1.165) is 5.69 Å². The highest BCUT2D eigenvalue weighted by molar-refractivity contribution is 7.19. The van der Waals surface area contributed by atoms with E-state index in [1.165, 1.54) is 74.5 Å². The van der Waals surface area contributed by atoms with Crippen LogP contribution in [0.25, 0.3) is 32.1 Å². The Morgan fingerprint density at radius 1 is 0.926 bits per heavy atom. The summed E-state index contributed by atoms with van der Waals surface area (Å²) in [4.78, 5) is 6.23. The number of hydrogen-bond donors (Lipinski definition) is 0. The molecule has 2 heterocycles. The molecule has 27 heavy (non-hydrogen) atoms. The summed E-state index contributed by atoms with van der Waals surface area (Å²) in [5.74, 6) is 0.689. The van der Waals surface area contributed by atoms with Crippen molar-refractivity contribution in [2.24, 2.45) is 0 Å². The summed E-state index contributed by atoms with van der Waals surface area (Å²) in [7, 11) is 0. The van der Waals surface area contributed by atoms with Gasteiger partial charge in [0.25, 0.3) is 0 Å². The molecule has 136 valence electrons. The van der Waals surface area contributed by atoms with Gasteiger partial charge < -0.3 is 0 Å². The van der Waals surface area contributed by atoms with Crippen LogP contribution in [-0.4, -0.2) is 4.98 Å². The van der Waals surface area contributed by atoms with Crippen LogP contribution in [0.4, 0.5) is 0 Å². The van der Waals surface area contributed by atoms with Gasteiger partial charge in [0.05, 0.1) is 10.4 Å². The molecule has 0 amide bonds. The molecule has 1 aliphatic rings. The fraction of sp³-hybridized carbons (Fsp3) is 0.320. The van der Waals surface area contributed by atoms with E-state index in [2.05, 4.69) is 56.3 Å². The maximum atomic E-state index is 4.84. The van der Waals surface area contributed by atoms with Crippen LogP contribution in [0.3, 0.4) is 0 Å². The van der Waals surface area contributed by atoms with E-state index < -0.39 is 0 Å². The number of rotatable bonds is 2. The summed E-state index contributed by atoms with van der Waals surface area (Å²) in [6.45, 7) is 4.45. The van der Waals surface area contributed by atoms with E-state index in [9.17, 15) is 0 Å². The molecular weight excluding hydrogens is 346 g/mol. The highest BCUT2D eigenvalue weighted by Crippen LogP contribution is 2.41. The van der Waals surface area contributed by atoms with Gasteiger partial charge in [0.1, 0.15) is 0 Å². The van der Waals surface area contributed by atoms with E-state index in [4.69, 9.17) is 4.98 Å². The Labute approximate surface area is 165 Å². The normalized spacial score (nSPS) is 15.6. The van der Waals surface area contributed by atoms with Gasteiger partial charge in [-0.2, -0.15) is 0 Å². The molecule has 0 atom stereocenters. The maximum absolute atomic E-state index is 4.84. The quantitative estimate of drug-likeness (QED) is 0.350. The molecule has 4 aromatic rings. The minimum absolute atomic E-state index is 0.689. The highest BCUT2D eigenvalue weighted by Gasteiger charge is 2.20. The van der Waals surface area contributed by atoms with Gasteiger partial charge in [0.2, 0.25) is 0 Å². The zero-order valence-corrected chi connectivity index (χ0v) is 16.9. The molecule has 0 N–H and O–H groups in total. The van der Waals surface area contributed by atoms with Crippen LogP contribution < -0.4 is 0 Å². The Kier molecular flexibility index (Phi) is 4.24. The zero-order valence-electron chi connectivity index (χ0n) is 16.1. The third kappa shape index (κ3) is 2.87. The van der Waals surface area contributed by atoms with E-state index in [1.807, 2.05) is 17.5 Å². The van der Waals surface area contributed by atoms with Crippen molar-refractivity contribution in [3.8, 4) is 11.3 Å². The molecule has 1 fully saturated rings. The smallest absolute Gasteiger partial charge is 0.0880 e. The molecule has 0 spiro atoms. The van der Waals surface area contributed by atoms with E-state index >= 15 is 0 Å². The van der Waals surface area contributed by atoms with Crippen LogP contribution >= 0.6 is 11.3 Å². The minimum Gasteiger partial charge on any atom is -0.255 e. The Morgan fingerprint density at radius 2 is 1.74 bits per heavy atom. The molecule has 2 aromatic carbocycles.